The number of hydrogen-bond donors (Lipinski definition) is 2. The Morgan fingerprint density at radius 3 is 2.95 bits per heavy atom. The lowest BCUT2D eigenvalue weighted by atomic mass is 10.0. The SMILES string of the molecule is CC1C(C(=O)O)CCN1C(=O)c1ccc2[nH]ncc2c1. The highest BCUT2D eigenvalue weighted by atomic mass is 16.4. The molecule has 1 aromatic heterocycles. The number of hydrogen-bond acceptors (Lipinski definition) is 3. The van der Waals surface area contributed by atoms with Gasteiger partial charge in [-0.2, -0.15) is 5.10 Å². The number of aromatic amines is 1. The first-order valence-corrected chi connectivity index (χ1v) is 6.55. The summed E-state index contributed by atoms with van der Waals surface area (Å²) in [5, 5.41) is 16.7. The molecule has 1 amide bonds. The maximum atomic E-state index is 12.5. The molecule has 0 radical (unpaired) electrons. The predicted octanol–water partition coefficient (Wildman–Crippen LogP) is 1.50. The number of amides is 1. The first-order valence-electron chi connectivity index (χ1n) is 6.55. The fraction of sp³-hybridized carbons (Fsp3) is 0.357. The predicted molar refractivity (Wildman–Crippen MR) is 72.3 cm³/mol. The second-order valence-corrected chi connectivity index (χ2v) is 5.14. The second kappa shape index (κ2) is 4.63. The molecule has 1 aliphatic heterocycles. The molecule has 0 saturated carbocycles. The van der Waals surface area contributed by atoms with E-state index in [2.05, 4.69) is 10.2 Å². The molecule has 20 heavy (non-hydrogen) atoms. The highest BCUT2D eigenvalue weighted by Gasteiger charge is 2.38. The first kappa shape index (κ1) is 12.7. The summed E-state index contributed by atoms with van der Waals surface area (Å²) in [6, 6.07) is 5.05. The highest BCUT2D eigenvalue weighted by Crippen LogP contribution is 2.26. The van der Waals surface area contributed by atoms with Crippen molar-refractivity contribution in [1.29, 1.82) is 0 Å². The van der Waals surface area contributed by atoms with Gasteiger partial charge in [-0.3, -0.25) is 14.7 Å². The van der Waals surface area contributed by atoms with Crippen LogP contribution >= 0.6 is 0 Å². The lowest BCUT2D eigenvalue weighted by molar-refractivity contribution is -0.142. The molecule has 6 nitrogen and oxygen atoms in total. The van der Waals surface area contributed by atoms with E-state index >= 15 is 0 Å². The van der Waals surface area contributed by atoms with Gasteiger partial charge in [0.1, 0.15) is 0 Å². The standard InChI is InChI=1S/C14H15N3O3/c1-8-11(14(19)20)4-5-17(8)13(18)9-2-3-12-10(6-9)7-15-16-12/h2-3,6-8,11H,4-5H2,1H3,(H,15,16)(H,19,20). The summed E-state index contributed by atoms with van der Waals surface area (Å²) in [6.45, 7) is 2.28. The van der Waals surface area contributed by atoms with Crippen LogP contribution in [0.1, 0.15) is 23.7 Å². The number of likely N-dealkylation sites (tertiary alicyclic amines) is 1. The van der Waals surface area contributed by atoms with Gasteiger partial charge in [-0.25, -0.2) is 0 Å². The Morgan fingerprint density at radius 2 is 2.25 bits per heavy atom. The molecular weight excluding hydrogens is 258 g/mol. The van der Waals surface area contributed by atoms with Gasteiger partial charge >= 0.3 is 5.97 Å². The third-order valence-corrected chi connectivity index (χ3v) is 4.02. The summed E-state index contributed by atoms with van der Waals surface area (Å²) in [7, 11) is 0. The van der Waals surface area contributed by atoms with E-state index < -0.39 is 11.9 Å². The van der Waals surface area contributed by atoms with Crippen molar-refractivity contribution in [3.05, 3.63) is 30.0 Å². The van der Waals surface area contributed by atoms with E-state index in [0.29, 0.717) is 18.5 Å². The maximum Gasteiger partial charge on any atom is 0.308 e. The molecular formula is C14H15N3O3. The summed E-state index contributed by atoms with van der Waals surface area (Å²) in [5.41, 5.74) is 1.44. The molecule has 2 aromatic rings. The number of carboxylic acid groups (broad SMARTS) is 1. The highest BCUT2D eigenvalue weighted by molar-refractivity contribution is 5.98. The number of carbonyl (C=O) groups is 2. The van der Waals surface area contributed by atoms with E-state index in [1.807, 2.05) is 6.07 Å². The molecule has 2 atom stereocenters. The number of rotatable bonds is 2. The summed E-state index contributed by atoms with van der Waals surface area (Å²) >= 11 is 0. The van der Waals surface area contributed by atoms with Gasteiger partial charge in [0.15, 0.2) is 0 Å². The number of nitrogens with zero attached hydrogens (tertiary/aromatic N) is 2. The van der Waals surface area contributed by atoms with Gasteiger partial charge in [0.2, 0.25) is 0 Å². The zero-order chi connectivity index (χ0) is 14.3. The molecule has 104 valence electrons. The molecule has 1 fully saturated rings. The van der Waals surface area contributed by atoms with Gasteiger partial charge in [-0.05, 0) is 31.5 Å². The van der Waals surface area contributed by atoms with Crippen LogP contribution in [0, 0.1) is 5.92 Å². The Balaban J connectivity index is 1.87. The lowest BCUT2D eigenvalue weighted by Crippen LogP contribution is -2.37. The largest absolute Gasteiger partial charge is 0.481 e. The van der Waals surface area contributed by atoms with Crippen molar-refractivity contribution < 1.29 is 14.7 Å². The number of benzene rings is 1. The van der Waals surface area contributed by atoms with Crippen molar-refractivity contribution in [2.24, 2.45) is 5.92 Å². The molecule has 3 rings (SSSR count). The first-order chi connectivity index (χ1) is 9.58. The molecule has 0 spiro atoms. The van der Waals surface area contributed by atoms with Gasteiger partial charge in [0.05, 0.1) is 17.6 Å². The monoisotopic (exact) mass is 273 g/mol. The topological polar surface area (TPSA) is 86.3 Å². The molecule has 0 bridgehead atoms. The average Bonchev–Trinajstić information content (AvgIpc) is 3.03. The summed E-state index contributed by atoms with van der Waals surface area (Å²) in [5.74, 6) is -1.43. The number of nitrogens with one attached hydrogen (secondary N) is 1. The molecule has 2 unspecified atom stereocenters. The van der Waals surface area contributed by atoms with Crippen LogP contribution in [-0.4, -0.2) is 44.7 Å². The van der Waals surface area contributed by atoms with Crippen molar-refractivity contribution in [3.63, 3.8) is 0 Å². The fourth-order valence-corrected chi connectivity index (χ4v) is 2.80. The molecule has 1 aromatic carbocycles. The summed E-state index contributed by atoms with van der Waals surface area (Å²) in [4.78, 5) is 25.2. The fourth-order valence-electron chi connectivity index (χ4n) is 2.80. The second-order valence-electron chi connectivity index (χ2n) is 5.14. The van der Waals surface area contributed by atoms with Crippen LogP contribution in [0.15, 0.2) is 24.4 Å². The van der Waals surface area contributed by atoms with E-state index in [0.717, 1.165) is 10.9 Å². The van der Waals surface area contributed by atoms with E-state index in [1.54, 1.807) is 30.2 Å². The van der Waals surface area contributed by atoms with Crippen molar-refractivity contribution in [3.8, 4) is 0 Å². The molecule has 1 saturated heterocycles. The van der Waals surface area contributed by atoms with Crippen molar-refractivity contribution in [2.45, 2.75) is 19.4 Å². The Labute approximate surface area is 115 Å². The van der Waals surface area contributed by atoms with Crippen LogP contribution in [0.5, 0.6) is 0 Å². The van der Waals surface area contributed by atoms with Crippen LogP contribution in [0.25, 0.3) is 10.9 Å². The number of carboxylic acids is 1. The van der Waals surface area contributed by atoms with Gasteiger partial charge in [0.25, 0.3) is 5.91 Å². The minimum atomic E-state index is -0.835. The smallest absolute Gasteiger partial charge is 0.308 e. The molecule has 2 heterocycles. The van der Waals surface area contributed by atoms with E-state index in [9.17, 15) is 9.59 Å². The summed E-state index contributed by atoms with van der Waals surface area (Å²) < 4.78 is 0. The maximum absolute atomic E-state index is 12.5. The molecule has 0 aliphatic carbocycles. The normalized spacial score (nSPS) is 22.4. The van der Waals surface area contributed by atoms with Gasteiger partial charge < -0.3 is 10.0 Å². The van der Waals surface area contributed by atoms with Gasteiger partial charge in [0, 0.05) is 23.5 Å². The van der Waals surface area contributed by atoms with Gasteiger partial charge in [-0.15, -0.1) is 0 Å². The zero-order valence-electron chi connectivity index (χ0n) is 11.0. The van der Waals surface area contributed by atoms with Crippen molar-refractivity contribution >= 4 is 22.8 Å². The zero-order valence-corrected chi connectivity index (χ0v) is 11.0. The van der Waals surface area contributed by atoms with Crippen LogP contribution in [0.3, 0.4) is 0 Å². The Bertz CT molecular complexity index is 679. The third-order valence-electron chi connectivity index (χ3n) is 4.02. The van der Waals surface area contributed by atoms with Crippen LogP contribution < -0.4 is 0 Å². The molecule has 6 heteroatoms. The Hall–Kier alpha value is -2.37. The van der Waals surface area contributed by atoms with Crippen molar-refractivity contribution in [1.82, 2.24) is 15.1 Å². The third kappa shape index (κ3) is 1.93. The van der Waals surface area contributed by atoms with E-state index in [-0.39, 0.29) is 11.9 Å². The van der Waals surface area contributed by atoms with Crippen LogP contribution in [-0.2, 0) is 4.79 Å². The van der Waals surface area contributed by atoms with Crippen LogP contribution in [0.4, 0.5) is 0 Å². The quantitative estimate of drug-likeness (QED) is 0.868. The minimum absolute atomic E-state index is 0.121. The van der Waals surface area contributed by atoms with E-state index in [1.165, 1.54) is 0 Å². The number of fused-ring (bicyclic) bond motifs is 1. The van der Waals surface area contributed by atoms with Crippen LogP contribution in [0.2, 0.25) is 0 Å². The summed E-state index contributed by atoms with van der Waals surface area (Å²) in [6.07, 6.45) is 2.18. The molecule has 2 N–H and O–H groups in total. The number of carbonyl (C=O) groups excluding carboxylic acids is 1. The Morgan fingerprint density at radius 1 is 1.45 bits per heavy atom. The minimum Gasteiger partial charge on any atom is -0.481 e. The number of aliphatic carboxylic acids is 1. The number of aromatic nitrogens is 2. The average molecular weight is 273 g/mol. The molecule has 1 aliphatic rings. The van der Waals surface area contributed by atoms with Gasteiger partial charge in [-0.1, -0.05) is 0 Å². The van der Waals surface area contributed by atoms with Crippen molar-refractivity contribution in [2.75, 3.05) is 6.54 Å². The van der Waals surface area contributed by atoms with E-state index in [4.69, 9.17) is 5.11 Å². The lowest BCUT2D eigenvalue weighted by Gasteiger charge is -2.23. The Kier molecular flexibility index (Phi) is 2.93. The number of H-pyrrole nitrogens is 1.